The van der Waals surface area contributed by atoms with Gasteiger partial charge in [-0.05, 0) is 30.7 Å². The molecule has 0 aliphatic carbocycles. The predicted molar refractivity (Wildman–Crippen MR) is 175 cm³/mol. The molecule has 0 fully saturated rings. The van der Waals surface area contributed by atoms with Crippen molar-refractivity contribution in [1.82, 2.24) is 9.13 Å². The van der Waals surface area contributed by atoms with Crippen LogP contribution in [0.15, 0.2) is 131 Å². The van der Waals surface area contributed by atoms with E-state index in [-0.39, 0.29) is 18.0 Å². The Morgan fingerprint density at radius 3 is 2.38 bits per heavy atom. The fourth-order valence-corrected chi connectivity index (χ4v) is 6.86. The van der Waals surface area contributed by atoms with Gasteiger partial charge in [-0.2, -0.15) is 0 Å². The standard InChI is InChI=1S/C37H28FN3O3S/c1-2-44-36(43)32-33(24-13-5-3-6-14-24)39-37-41(34(32)25-15-7-4-8-16-25)35(42)31(45-37)21-27-23-40(30-20-12-10-18-28(27)30)22-26-17-9-11-19-29(26)38/h3-21,23,34H,2,22H2,1H3/b31-21-/t34-/m1/s1. The summed E-state index contributed by atoms with van der Waals surface area (Å²) in [6.07, 6.45) is 3.81. The van der Waals surface area contributed by atoms with E-state index >= 15 is 0 Å². The van der Waals surface area contributed by atoms with Crippen molar-refractivity contribution in [2.45, 2.75) is 19.5 Å². The number of hydrogen-bond donors (Lipinski definition) is 0. The highest BCUT2D eigenvalue weighted by Gasteiger charge is 2.35. The Morgan fingerprint density at radius 1 is 0.933 bits per heavy atom. The third-order valence-electron chi connectivity index (χ3n) is 7.89. The molecule has 0 spiro atoms. The molecular formula is C37H28FN3O3S. The molecule has 7 rings (SSSR count). The van der Waals surface area contributed by atoms with Gasteiger partial charge in [-0.1, -0.05) is 108 Å². The molecule has 0 saturated heterocycles. The molecule has 0 bridgehead atoms. The van der Waals surface area contributed by atoms with Gasteiger partial charge in [0.2, 0.25) is 0 Å². The summed E-state index contributed by atoms with van der Waals surface area (Å²) < 4.78 is 24.2. The van der Waals surface area contributed by atoms with Crippen molar-refractivity contribution in [3.05, 3.63) is 169 Å². The normalized spacial score (nSPS) is 14.8. The number of carbonyl (C=O) groups excluding carboxylic acids is 1. The van der Waals surface area contributed by atoms with Gasteiger partial charge in [0, 0.05) is 33.8 Å². The van der Waals surface area contributed by atoms with Gasteiger partial charge in [0.25, 0.3) is 5.56 Å². The van der Waals surface area contributed by atoms with Gasteiger partial charge in [-0.15, -0.1) is 0 Å². The molecule has 3 heterocycles. The molecular weight excluding hydrogens is 585 g/mol. The fraction of sp³-hybridized carbons (Fsp3) is 0.108. The number of ether oxygens (including phenoxy) is 1. The Balaban J connectivity index is 1.45. The van der Waals surface area contributed by atoms with Crippen LogP contribution in [0.5, 0.6) is 0 Å². The SMILES string of the molecule is CCOC(=O)C1=C(c2ccccc2)N=c2s/c(=C\c3cn(Cc4ccccc4F)c4ccccc34)c(=O)n2[C@@H]1c1ccccc1. The largest absolute Gasteiger partial charge is 0.463 e. The molecule has 1 aliphatic heterocycles. The van der Waals surface area contributed by atoms with Gasteiger partial charge in [-0.3, -0.25) is 9.36 Å². The van der Waals surface area contributed by atoms with Crippen molar-refractivity contribution in [2.75, 3.05) is 6.61 Å². The zero-order chi connectivity index (χ0) is 30.9. The van der Waals surface area contributed by atoms with Gasteiger partial charge in [0.1, 0.15) is 5.82 Å². The first-order valence-electron chi connectivity index (χ1n) is 14.7. The van der Waals surface area contributed by atoms with Crippen LogP contribution in [-0.2, 0) is 16.1 Å². The maximum Gasteiger partial charge on any atom is 0.338 e. The van der Waals surface area contributed by atoms with E-state index in [1.54, 1.807) is 23.6 Å². The van der Waals surface area contributed by atoms with Crippen LogP contribution < -0.4 is 14.9 Å². The van der Waals surface area contributed by atoms with Crippen molar-refractivity contribution < 1.29 is 13.9 Å². The van der Waals surface area contributed by atoms with E-state index in [4.69, 9.17) is 9.73 Å². The number of benzene rings is 4. The number of halogens is 1. The van der Waals surface area contributed by atoms with Crippen molar-refractivity contribution in [3.63, 3.8) is 0 Å². The summed E-state index contributed by atoms with van der Waals surface area (Å²) >= 11 is 1.28. The number of esters is 1. The summed E-state index contributed by atoms with van der Waals surface area (Å²) in [4.78, 5) is 33.3. The highest BCUT2D eigenvalue weighted by molar-refractivity contribution is 7.07. The number of nitrogens with zero attached hydrogens (tertiary/aromatic N) is 3. The quantitative estimate of drug-likeness (QED) is 0.205. The second-order valence-electron chi connectivity index (χ2n) is 10.7. The molecule has 45 heavy (non-hydrogen) atoms. The first-order valence-corrected chi connectivity index (χ1v) is 15.5. The molecule has 1 aliphatic rings. The van der Waals surface area contributed by atoms with E-state index in [0.29, 0.717) is 32.7 Å². The maximum absolute atomic E-state index is 14.6. The first kappa shape index (κ1) is 28.4. The highest BCUT2D eigenvalue weighted by Crippen LogP contribution is 2.35. The fourth-order valence-electron chi connectivity index (χ4n) is 5.86. The molecule has 6 aromatic rings. The smallest absolute Gasteiger partial charge is 0.338 e. The Morgan fingerprint density at radius 2 is 1.62 bits per heavy atom. The monoisotopic (exact) mass is 613 g/mol. The molecule has 6 nitrogen and oxygen atoms in total. The molecule has 4 aromatic carbocycles. The van der Waals surface area contributed by atoms with Gasteiger partial charge in [0.15, 0.2) is 4.80 Å². The lowest BCUT2D eigenvalue weighted by Gasteiger charge is -2.25. The zero-order valence-corrected chi connectivity index (χ0v) is 25.2. The maximum atomic E-state index is 14.6. The van der Waals surface area contributed by atoms with Crippen molar-refractivity contribution in [2.24, 2.45) is 4.99 Å². The average Bonchev–Trinajstić information content (AvgIpc) is 3.58. The summed E-state index contributed by atoms with van der Waals surface area (Å²) in [6.45, 7) is 2.29. The van der Waals surface area contributed by atoms with Crippen LogP contribution in [0.25, 0.3) is 22.7 Å². The van der Waals surface area contributed by atoms with Gasteiger partial charge in [-0.25, -0.2) is 14.2 Å². The number of rotatable bonds is 7. The highest BCUT2D eigenvalue weighted by atomic mass is 32.1. The molecule has 0 radical (unpaired) electrons. The topological polar surface area (TPSA) is 65.6 Å². The van der Waals surface area contributed by atoms with E-state index in [2.05, 4.69) is 0 Å². The van der Waals surface area contributed by atoms with Crippen LogP contribution in [0.2, 0.25) is 0 Å². The molecule has 0 saturated carbocycles. The summed E-state index contributed by atoms with van der Waals surface area (Å²) in [5.74, 6) is -0.780. The van der Waals surface area contributed by atoms with Crippen LogP contribution in [-0.4, -0.2) is 21.7 Å². The summed E-state index contributed by atoms with van der Waals surface area (Å²) in [7, 11) is 0. The molecule has 8 heteroatoms. The lowest BCUT2D eigenvalue weighted by Crippen LogP contribution is -2.39. The number of carbonyl (C=O) groups is 1. The van der Waals surface area contributed by atoms with Gasteiger partial charge < -0.3 is 9.30 Å². The van der Waals surface area contributed by atoms with Gasteiger partial charge in [0.05, 0.1) is 35.0 Å². The van der Waals surface area contributed by atoms with Crippen molar-refractivity contribution in [3.8, 4) is 0 Å². The third-order valence-corrected chi connectivity index (χ3v) is 8.88. The lowest BCUT2D eigenvalue weighted by molar-refractivity contribution is -0.138. The second-order valence-corrected chi connectivity index (χ2v) is 11.7. The molecule has 1 atom stereocenters. The van der Waals surface area contributed by atoms with Gasteiger partial charge >= 0.3 is 5.97 Å². The summed E-state index contributed by atoms with van der Waals surface area (Å²) in [5.41, 5.74) is 4.41. The van der Waals surface area contributed by atoms with Crippen molar-refractivity contribution in [1.29, 1.82) is 0 Å². The van der Waals surface area contributed by atoms with E-state index in [0.717, 1.165) is 27.6 Å². The lowest BCUT2D eigenvalue weighted by atomic mass is 9.93. The number of thiazole rings is 1. The predicted octanol–water partition coefficient (Wildman–Crippen LogP) is 6.08. The van der Waals surface area contributed by atoms with Crippen LogP contribution in [0.1, 0.15) is 35.2 Å². The Kier molecular flexibility index (Phi) is 7.57. The first-order chi connectivity index (χ1) is 22.0. The molecule has 222 valence electrons. The Hall–Kier alpha value is -5.34. The van der Waals surface area contributed by atoms with Crippen LogP contribution in [0.4, 0.5) is 4.39 Å². The number of para-hydroxylation sites is 1. The van der Waals surface area contributed by atoms with Crippen molar-refractivity contribution >= 4 is 40.0 Å². The number of aromatic nitrogens is 2. The molecule has 0 amide bonds. The molecule has 2 aromatic heterocycles. The molecule has 0 unspecified atom stereocenters. The van der Waals surface area contributed by atoms with E-state index in [1.807, 2.05) is 108 Å². The minimum atomic E-state index is -0.735. The van der Waals surface area contributed by atoms with Crippen LogP contribution >= 0.6 is 11.3 Å². The minimum Gasteiger partial charge on any atom is -0.463 e. The number of fused-ring (bicyclic) bond motifs is 2. The Labute approximate surface area is 262 Å². The molecule has 0 N–H and O–H groups in total. The third kappa shape index (κ3) is 5.23. The van der Waals surface area contributed by atoms with Crippen LogP contribution in [0, 0.1) is 5.82 Å². The summed E-state index contributed by atoms with van der Waals surface area (Å²) in [6, 6.07) is 32.9. The van der Waals surface area contributed by atoms with E-state index in [1.165, 1.54) is 17.4 Å². The average molecular weight is 614 g/mol. The van der Waals surface area contributed by atoms with E-state index < -0.39 is 12.0 Å². The summed E-state index contributed by atoms with van der Waals surface area (Å²) in [5, 5.41) is 0.941. The van der Waals surface area contributed by atoms with Crippen LogP contribution in [0.3, 0.4) is 0 Å². The minimum absolute atomic E-state index is 0.188. The second kappa shape index (κ2) is 12.0. The number of hydrogen-bond acceptors (Lipinski definition) is 5. The Bertz CT molecular complexity index is 2270. The zero-order valence-electron chi connectivity index (χ0n) is 24.4. The van der Waals surface area contributed by atoms with E-state index in [9.17, 15) is 14.0 Å².